The van der Waals surface area contributed by atoms with E-state index in [0.717, 1.165) is 42.6 Å². The molecule has 0 radical (unpaired) electrons. The second-order valence-corrected chi connectivity index (χ2v) is 7.35. The number of ether oxygens (including phenoxy) is 3. The summed E-state index contributed by atoms with van der Waals surface area (Å²) in [4.78, 5) is 18.4. The smallest absolute Gasteiger partial charge is 0.254 e. The van der Waals surface area contributed by atoms with Crippen molar-refractivity contribution in [2.45, 2.75) is 18.8 Å². The first kappa shape index (κ1) is 19.2. The number of aromatic nitrogens is 1. The molecule has 0 aliphatic carbocycles. The van der Waals surface area contributed by atoms with Crippen molar-refractivity contribution in [3.05, 3.63) is 53.7 Å². The first-order valence-corrected chi connectivity index (χ1v) is 9.80. The maximum absolute atomic E-state index is 13.0. The number of methoxy groups -OCH3 is 3. The number of carbonyl (C=O) groups excluding carboxylic acids is 1. The number of amides is 1. The number of nitrogens with zero attached hydrogens (tertiary/aromatic N) is 1. The van der Waals surface area contributed by atoms with Gasteiger partial charge in [-0.2, -0.15) is 0 Å². The van der Waals surface area contributed by atoms with Crippen molar-refractivity contribution in [3.63, 3.8) is 0 Å². The quantitative estimate of drug-likeness (QED) is 0.704. The molecule has 0 bridgehead atoms. The first-order chi connectivity index (χ1) is 14.1. The average molecular weight is 394 g/mol. The minimum absolute atomic E-state index is 0.0158. The van der Waals surface area contributed by atoms with Crippen LogP contribution in [0.5, 0.6) is 17.2 Å². The van der Waals surface area contributed by atoms with Crippen LogP contribution in [0.2, 0.25) is 0 Å². The molecule has 6 heteroatoms. The lowest BCUT2D eigenvalue weighted by Gasteiger charge is -2.31. The van der Waals surface area contributed by atoms with Crippen LogP contribution in [0.3, 0.4) is 0 Å². The molecule has 1 fully saturated rings. The molecule has 3 aromatic rings. The van der Waals surface area contributed by atoms with Crippen molar-refractivity contribution in [2.24, 2.45) is 0 Å². The van der Waals surface area contributed by atoms with E-state index in [4.69, 9.17) is 14.2 Å². The van der Waals surface area contributed by atoms with Gasteiger partial charge in [-0.1, -0.05) is 0 Å². The summed E-state index contributed by atoms with van der Waals surface area (Å²) in [6, 6.07) is 13.6. The van der Waals surface area contributed by atoms with Crippen molar-refractivity contribution >= 4 is 16.8 Å². The molecule has 29 heavy (non-hydrogen) atoms. The Bertz CT molecular complexity index is 997. The monoisotopic (exact) mass is 394 g/mol. The fourth-order valence-corrected chi connectivity index (χ4v) is 3.99. The molecule has 152 valence electrons. The van der Waals surface area contributed by atoms with Crippen molar-refractivity contribution in [1.29, 1.82) is 0 Å². The second-order valence-electron chi connectivity index (χ2n) is 7.35. The lowest BCUT2D eigenvalue weighted by molar-refractivity contribution is 0.0711. The van der Waals surface area contributed by atoms with Gasteiger partial charge >= 0.3 is 0 Å². The zero-order valence-corrected chi connectivity index (χ0v) is 17.0. The number of hydrogen-bond donors (Lipinski definition) is 1. The molecule has 1 aliphatic heterocycles. The lowest BCUT2D eigenvalue weighted by Crippen LogP contribution is -2.38. The fraction of sp³-hybridized carbons (Fsp3) is 0.348. The zero-order chi connectivity index (χ0) is 20.4. The number of carbonyl (C=O) groups is 1. The summed E-state index contributed by atoms with van der Waals surface area (Å²) >= 11 is 0. The number of likely N-dealkylation sites (tertiary alicyclic amines) is 1. The Morgan fingerprint density at radius 3 is 2.17 bits per heavy atom. The van der Waals surface area contributed by atoms with Gasteiger partial charge in [0.1, 0.15) is 17.2 Å². The van der Waals surface area contributed by atoms with Crippen LogP contribution in [0.4, 0.5) is 0 Å². The molecular weight excluding hydrogens is 368 g/mol. The lowest BCUT2D eigenvalue weighted by atomic mass is 9.93. The number of fused-ring (bicyclic) bond motifs is 1. The maximum Gasteiger partial charge on any atom is 0.254 e. The van der Waals surface area contributed by atoms with Gasteiger partial charge in [-0.15, -0.1) is 0 Å². The van der Waals surface area contributed by atoms with E-state index in [9.17, 15) is 4.79 Å². The van der Waals surface area contributed by atoms with E-state index >= 15 is 0 Å². The van der Waals surface area contributed by atoms with Crippen LogP contribution in [0.1, 0.15) is 34.8 Å². The van der Waals surface area contributed by atoms with Gasteiger partial charge in [0, 0.05) is 47.2 Å². The Balaban J connectivity index is 1.46. The van der Waals surface area contributed by atoms with Crippen LogP contribution < -0.4 is 14.2 Å². The third kappa shape index (κ3) is 3.88. The van der Waals surface area contributed by atoms with Crippen LogP contribution in [-0.2, 0) is 0 Å². The fourth-order valence-electron chi connectivity index (χ4n) is 3.99. The summed E-state index contributed by atoms with van der Waals surface area (Å²) in [5.41, 5.74) is 2.93. The molecule has 0 spiro atoms. The molecule has 2 heterocycles. The molecule has 1 aliphatic rings. The van der Waals surface area contributed by atoms with Crippen LogP contribution in [-0.4, -0.2) is 50.2 Å². The van der Waals surface area contributed by atoms with Gasteiger partial charge in [-0.3, -0.25) is 4.79 Å². The van der Waals surface area contributed by atoms with Crippen molar-refractivity contribution in [3.8, 4) is 17.2 Å². The van der Waals surface area contributed by atoms with E-state index in [-0.39, 0.29) is 5.91 Å². The third-order valence-corrected chi connectivity index (χ3v) is 5.67. The molecule has 1 aromatic heterocycles. The van der Waals surface area contributed by atoms with Crippen LogP contribution in [0.15, 0.2) is 42.5 Å². The summed E-state index contributed by atoms with van der Waals surface area (Å²) in [5, 5.41) is 1.15. The predicted octanol–water partition coefficient (Wildman–Crippen LogP) is 4.21. The normalized spacial score (nSPS) is 14.8. The highest BCUT2D eigenvalue weighted by Gasteiger charge is 2.26. The molecule has 1 amide bonds. The van der Waals surface area contributed by atoms with Gasteiger partial charge in [-0.05, 0) is 49.2 Å². The number of piperidine rings is 1. The minimum Gasteiger partial charge on any atom is -0.497 e. The molecule has 0 unspecified atom stereocenters. The van der Waals surface area contributed by atoms with Crippen molar-refractivity contribution in [2.75, 3.05) is 34.4 Å². The summed E-state index contributed by atoms with van der Waals surface area (Å²) in [6.07, 6.45) is 1.85. The molecule has 4 rings (SSSR count). The highest BCUT2D eigenvalue weighted by atomic mass is 16.5. The summed E-state index contributed by atoms with van der Waals surface area (Å²) in [7, 11) is 4.86. The summed E-state index contributed by atoms with van der Waals surface area (Å²) < 4.78 is 15.9. The molecule has 0 atom stereocenters. The SMILES string of the molecule is COc1cc(OC)cc(C(=O)N2CCC(c3cc4cc(OC)ccc4[nH]3)CC2)c1. The van der Waals surface area contributed by atoms with Gasteiger partial charge in [0.15, 0.2) is 0 Å². The first-order valence-electron chi connectivity index (χ1n) is 9.80. The van der Waals surface area contributed by atoms with E-state index in [0.29, 0.717) is 23.0 Å². The molecule has 1 saturated heterocycles. The molecule has 1 N–H and O–H groups in total. The number of nitrogens with one attached hydrogen (secondary N) is 1. The number of benzene rings is 2. The topological polar surface area (TPSA) is 63.8 Å². The van der Waals surface area contributed by atoms with Crippen molar-refractivity contribution in [1.82, 2.24) is 9.88 Å². The predicted molar refractivity (Wildman–Crippen MR) is 112 cm³/mol. The second kappa shape index (κ2) is 8.07. The Kier molecular flexibility index (Phi) is 5.34. The average Bonchev–Trinajstić information content (AvgIpc) is 3.21. The Labute approximate surface area is 170 Å². The van der Waals surface area contributed by atoms with Crippen LogP contribution >= 0.6 is 0 Å². The number of hydrogen-bond acceptors (Lipinski definition) is 4. The number of aromatic amines is 1. The highest BCUT2D eigenvalue weighted by molar-refractivity contribution is 5.95. The van der Waals surface area contributed by atoms with Gasteiger partial charge in [0.2, 0.25) is 0 Å². The van der Waals surface area contributed by atoms with E-state index in [1.165, 1.54) is 5.69 Å². The maximum atomic E-state index is 13.0. The van der Waals surface area contributed by atoms with E-state index in [1.54, 1.807) is 39.5 Å². The van der Waals surface area contributed by atoms with Gasteiger partial charge in [0.05, 0.1) is 21.3 Å². The number of H-pyrrole nitrogens is 1. The van der Waals surface area contributed by atoms with Crippen molar-refractivity contribution < 1.29 is 19.0 Å². The minimum atomic E-state index is 0.0158. The highest BCUT2D eigenvalue weighted by Crippen LogP contribution is 2.32. The third-order valence-electron chi connectivity index (χ3n) is 5.67. The van der Waals surface area contributed by atoms with E-state index in [1.807, 2.05) is 23.1 Å². The Morgan fingerprint density at radius 2 is 1.55 bits per heavy atom. The van der Waals surface area contributed by atoms with Gasteiger partial charge < -0.3 is 24.1 Å². The Hall–Kier alpha value is -3.15. The van der Waals surface area contributed by atoms with Crippen LogP contribution in [0, 0.1) is 0 Å². The summed E-state index contributed by atoms with van der Waals surface area (Å²) in [5.74, 6) is 2.53. The Morgan fingerprint density at radius 1 is 0.897 bits per heavy atom. The molecule has 0 saturated carbocycles. The largest absolute Gasteiger partial charge is 0.497 e. The standard InChI is InChI=1S/C23H26N2O4/c1-27-18-4-5-21-16(10-18)13-22(24-21)15-6-8-25(9-7-15)23(26)17-11-19(28-2)14-20(12-17)29-3/h4-5,10-15,24H,6-9H2,1-3H3. The number of rotatable bonds is 5. The van der Waals surface area contributed by atoms with Gasteiger partial charge in [-0.25, -0.2) is 0 Å². The molecule has 6 nitrogen and oxygen atoms in total. The van der Waals surface area contributed by atoms with Crippen LogP contribution in [0.25, 0.3) is 10.9 Å². The molecule has 2 aromatic carbocycles. The zero-order valence-electron chi connectivity index (χ0n) is 17.0. The molecular formula is C23H26N2O4. The van der Waals surface area contributed by atoms with Gasteiger partial charge in [0.25, 0.3) is 5.91 Å². The van der Waals surface area contributed by atoms with E-state index in [2.05, 4.69) is 11.1 Å². The van der Waals surface area contributed by atoms with E-state index < -0.39 is 0 Å². The summed E-state index contributed by atoms with van der Waals surface area (Å²) in [6.45, 7) is 1.45.